The Morgan fingerprint density at radius 1 is 0.585 bits per heavy atom. The number of rotatable bonds is 23. The van der Waals surface area contributed by atoms with Gasteiger partial charge in [0.25, 0.3) is 0 Å². The highest BCUT2D eigenvalue weighted by atomic mass is 16.6. The van der Waals surface area contributed by atoms with Gasteiger partial charge in [-0.3, -0.25) is 19.2 Å². The second-order valence-electron chi connectivity index (χ2n) is 11.3. The molecule has 0 spiro atoms. The number of hydrogen-bond donors (Lipinski definition) is 0. The van der Waals surface area contributed by atoms with Crippen molar-refractivity contribution in [2.45, 2.75) is 127 Å². The smallest absolute Gasteiger partial charge is 0.306 e. The Kier molecular flexibility index (Phi) is 12.6. The first-order valence-electron chi connectivity index (χ1n) is 15.1. The lowest BCUT2D eigenvalue weighted by Crippen LogP contribution is -2.47. The van der Waals surface area contributed by atoms with E-state index in [4.69, 9.17) is 37.9 Å². The SMILES string of the molecule is CC(OC(=O)CCCC1CO1)C(OC(=O)CCCC1CO1)C(COC(=O)CCCC1CO1)OC(=O)CCCC1CO1. The topological polar surface area (TPSA) is 155 Å². The molecule has 7 atom stereocenters. The highest BCUT2D eigenvalue weighted by Crippen LogP contribution is 2.22. The number of hydrogen-bond acceptors (Lipinski definition) is 12. The van der Waals surface area contributed by atoms with E-state index < -0.39 is 42.2 Å². The van der Waals surface area contributed by atoms with E-state index in [-0.39, 0.29) is 56.7 Å². The maximum Gasteiger partial charge on any atom is 0.306 e. The van der Waals surface area contributed by atoms with Crippen molar-refractivity contribution >= 4 is 23.9 Å². The second kappa shape index (κ2) is 16.4. The summed E-state index contributed by atoms with van der Waals surface area (Å²) in [7, 11) is 0. The fourth-order valence-electron chi connectivity index (χ4n) is 4.52. The van der Waals surface area contributed by atoms with Gasteiger partial charge in [-0.2, -0.15) is 0 Å². The number of carbonyl (C=O) groups is 4. The second-order valence-corrected chi connectivity index (χ2v) is 11.3. The van der Waals surface area contributed by atoms with Crippen molar-refractivity contribution in [1.29, 1.82) is 0 Å². The van der Waals surface area contributed by atoms with Crippen molar-refractivity contribution < 1.29 is 57.1 Å². The van der Waals surface area contributed by atoms with E-state index in [2.05, 4.69) is 0 Å². The average Bonchev–Trinajstić information content (AvgIpc) is 3.75. The minimum absolute atomic E-state index is 0.128. The molecule has 0 aliphatic carbocycles. The van der Waals surface area contributed by atoms with Crippen LogP contribution in [-0.4, -0.2) is 99.6 Å². The van der Waals surface area contributed by atoms with Crippen LogP contribution in [0.5, 0.6) is 0 Å². The van der Waals surface area contributed by atoms with Gasteiger partial charge in [-0.1, -0.05) is 0 Å². The summed E-state index contributed by atoms with van der Waals surface area (Å²) < 4.78 is 43.3. The Morgan fingerprint density at radius 2 is 0.951 bits per heavy atom. The van der Waals surface area contributed by atoms with Crippen LogP contribution in [0.15, 0.2) is 0 Å². The molecule has 4 aliphatic heterocycles. The van der Waals surface area contributed by atoms with Crippen molar-refractivity contribution in [2.75, 3.05) is 33.0 Å². The molecule has 0 radical (unpaired) electrons. The van der Waals surface area contributed by atoms with Gasteiger partial charge in [0.1, 0.15) is 12.7 Å². The van der Waals surface area contributed by atoms with Crippen molar-refractivity contribution in [2.24, 2.45) is 0 Å². The van der Waals surface area contributed by atoms with E-state index in [0.717, 1.165) is 25.7 Å². The van der Waals surface area contributed by atoms with Crippen LogP contribution >= 0.6 is 0 Å². The molecular weight excluding hydrogens is 540 g/mol. The molecule has 4 fully saturated rings. The highest BCUT2D eigenvalue weighted by molar-refractivity contribution is 5.72. The van der Waals surface area contributed by atoms with Crippen LogP contribution in [0.1, 0.15) is 84.0 Å². The van der Waals surface area contributed by atoms with E-state index in [1.165, 1.54) is 0 Å². The summed E-state index contributed by atoms with van der Waals surface area (Å²) >= 11 is 0. The monoisotopic (exact) mass is 584 g/mol. The lowest BCUT2D eigenvalue weighted by atomic mass is 10.1. The van der Waals surface area contributed by atoms with Gasteiger partial charge in [0, 0.05) is 25.7 Å². The molecule has 4 saturated heterocycles. The zero-order valence-electron chi connectivity index (χ0n) is 24.0. The lowest BCUT2D eigenvalue weighted by Gasteiger charge is -2.30. The molecule has 7 unspecified atom stereocenters. The molecule has 12 nitrogen and oxygen atoms in total. The highest BCUT2D eigenvalue weighted by Gasteiger charge is 2.37. The molecule has 4 rings (SSSR count). The molecule has 0 N–H and O–H groups in total. The average molecular weight is 585 g/mol. The van der Waals surface area contributed by atoms with E-state index in [1.54, 1.807) is 6.92 Å². The van der Waals surface area contributed by atoms with Gasteiger partial charge in [-0.15, -0.1) is 0 Å². The molecule has 0 amide bonds. The zero-order valence-corrected chi connectivity index (χ0v) is 24.0. The largest absolute Gasteiger partial charge is 0.462 e. The Balaban J connectivity index is 1.34. The minimum atomic E-state index is -1.15. The van der Waals surface area contributed by atoms with Crippen LogP contribution < -0.4 is 0 Å². The van der Waals surface area contributed by atoms with Crippen molar-refractivity contribution in [1.82, 2.24) is 0 Å². The molecule has 232 valence electrons. The van der Waals surface area contributed by atoms with Gasteiger partial charge >= 0.3 is 23.9 Å². The van der Waals surface area contributed by atoms with Gasteiger partial charge in [0.05, 0.1) is 50.8 Å². The Bertz CT molecular complexity index is 862. The summed E-state index contributed by atoms with van der Waals surface area (Å²) in [5.41, 5.74) is 0. The predicted molar refractivity (Wildman–Crippen MR) is 141 cm³/mol. The van der Waals surface area contributed by atoms with Gasteiger partial charge in [0.15, 0.2) is 12.2 Å². The van der Waals surface area contributed by atoms with Crippen molar-refractivity contribution in [3.05, 3.63) is 0 Å². The lowest BCUT2D eigenvalue weighted by molar-refractivity contribution is -0.190. The van der Waals surface area contributed by atoms with Crippen LogP contribution in [0, 0.1) is 0 Å². The summed E-state index contributed by atoms with van der Waals surface area (Å²) in [4.78, 5) is 50.6. The summed E-state index contributed by atoms with van der Waals surface area (Å²) in [5, 5.41) is 0. The van der Waals surface area contributed by atoms with Crippen LogP contribution in [-0.2, 0) is 57.1 Å². The third-order valence-electron chi connectivity index (χ3n) is 7.34. The van der Waals surface area contributed by atoms with E-state index >= 15 is 0 Å². The number of carbonyl (C=O) groups excluding carboxylic acids is 4. The molecule has 4 heterocycles. The van der Waals surface area contributed by atoms with Crippen molar-refractivity contribution in [3.63, 3.8) is 0 Å². The first-order valence-corrected chi connectivity index (χ1v) is 15.1. The molecule has 4 aliphatic rings. The molecule has 0 saturated carbocycles. The number of esters is 4. The molecule has 0 bridgehead atoms. The molecule has 0 aromatic rings. The Labute approximate surface area is 240 Å². The minimum Gasteiger partial charge on any atom is -0.462 e. The summed E-state index contributed by atoms with van der Waals surface area (Å²) in [6.07, 6.45) is 3.53. The maximum absolute atomic E-state index is 12.8. The molecule has 0 aromatic heterocycles. The van der Waals surface area contributed by atoms with Gasteiger partial charge in [-0.05, 0) is 58.3 Å². The molecular formula is C29H44O12. The summed E-state index contributed by atoms with van der Waals surface area (Å²) in [5.74, 6) is -1.96. The molecule has 12 heteroatoms. The fourth-order valence-corrected chi connectivity index (χ4v) is 4.52. The zero-order chi connectivity index (χ0) is 29.0. The third kappa shape index (κ3) is 14.0. The van der Waals surface area contributed by atoms with Crippen LogP contribution in [0.2, 0.25) is 0 Å². The Morgan fingerprint density at radius 3 is 1.37 bits per heavy atom. The van der Waals surface area contributed by atoms with Gasteiger partial charge in [0.2, 0.25) is 0 Å². The van der Waals surface area contributed by atoms with Crippen LogP contribution in [0.25, 0.3) is 0 Å². The fraction of sp³-hybridized carbons (Fsp3) is 0.862. The predicted octanol–water partition coefficient (Wildman–Crippen LogP) is 2.56. The summed E-state index contributed by atoms with van der Waals surface area (Å²) in [6.45, 7) is 4.07. The van der Waals surface area contributed by atoms with E-state index in [9.17, 15) is 19.2 Å². The third-order valence-corrected chi connectivity index (χ3v) is 7.34. The standard InChI is InChI=1S/C29H44O12/c1-19(39-26(31)11-3-7-21-15-35-21)29(41-28(33)13-5-9-23-17-37-23)24(40-27(32)12-4-8-22-16-36-22)18-38-25(30)10-2-6-20-14-34-20/h19-24,29H,2-18H2,1H3. The number of epoxide rings is 4. The van der Waals surface area contributed by atoms with Gasteiger partial charge < -0.3 is 37.9 Å². The first kappa shape index (κ1) is 31.7. The van der Waals surface area contributed by atoms with Gasteiger partial charge in [-0.25, -0.2) is 0 Å². The quantitative estimate of drug-likeness (QED) is 0.0984. The van der Waals surface area contributed by atoms with Crippen molar-refractivity contribution in [3.8, 4) is 0 Å². The first-order chi connectivity index (χ1) is 19.9. The Hall–Kier alpha value is -2.28. The van der Waals surface area contributed by atoms with E-state index in [1.807, 2.05) is 0 Å². The van der Waals surface area contributed by atoms with Crippen LogP contribution in [0.4, 0.5) is 0 Å². The maximum atomic E-state index is 12.8. The van der Waals surface area contributed by atoms with E-state index in [0.29, 0.717) is 52.1 Å². The van der Waals surface area contributed by atoms with Crippen LogP contribution in [0.3, 0.4) is 0 Å². The summed E-state index contributed by atoms with van der Waals surface area (Å²) in [6, 6.07) is 0. The molecule has 0 aromatic carbocycles. The number of ether oxygens (including phenoxy) is 8. The molecule has 41 heavy (non-hydrogen) atoms. The normalized spacial score (nSPS) is 25.8.